The maximum atomic E-state index is 11.7. The number of hydrogen-bond donors (Lipinski definition) is 0. The van der Waals surface area contributed by atoms with Crippen molar-refractivity contribution in [3.8, 4) is 0 Å². The highest BCUT2D eigenvalue weighted by molar-refractivity contribution is 7.18. The lowest BCUT2D eigenvalue weighted by molar-refractivity contribution is -0.383. The molecule has 2 heterocycles. The molecule has 0 bridgehead atoms. The number of amides is 1. The van der Waals surface area contributed by atoms with Crippen molar-refractivity contribution in [2.45, 2.75) is 6.92 Å². The lowest BCUT2D eigenvalue weighted by Crippen LogP contribution is -2.48. The van der Waals surface area contributed by atoms with E-state index in [-0.39, 0.29) is 23.9 Å². The molecule has 1 fully saturated rings. The standard InChI is InChI=1S/C11H13N3O4S/c1-7(15)9-5-8(14(17)18)11(19-9)13-4-3-12(2)10(16)6-13/h5H,3-4,6H2,1-2H3. The molecule has 8 heteroatoms. The van der Waals surface area contributed by atoms with Crippen LogP contribution in [0.4, 0.5) is 10.7 Å². The fraction of sp³-hybridized carbons (Fsp3) is 0.455. The average molecular weight is 283 g/mol. The molecule has 2 rings (SSSR count). The number of ketones is 1. The highest BCUT2D eigenvalue weighted by Crippen LogP contribution is 2.38. The summed E-state index contributed by atoms with van der Waals surface area (Å²) < 4.78 is 0. The second kappa shape index (κ2) is 4.96. The van der Waals surface area contributed by atoms with Crippen LogP contribution in [0.25, 0.3) is 0 Å². The molecule has 1 amide bonds. The predicted octanol–water partition coefficient (Wildman–Crippen LogP) is 1.14. The van der Waals surface area contributed by atoms with Gasteiger partial charge in [-0.15, -0.1) is 11.3 Å². The van der Waals surface area contributed by atoms with Crippen molar-refractivity contribution < 1.29 is 14.5 Å². The van der Waals surface area contributed by atoms with E-state index in [9.17, 15) is 19.7 Å². The zero-order chi connectivity index (χ0) is 14.2. The van der Waals surface area contributed by atoms with Gasteiger partial charge in [0.15, 0.2) is 10.8 Å². The fourth-order valence-electron chi connectivity index (χ4n) is 1.83. The molecule has 0 atom stereocenters. The summed E-state index contributed by atoms with van der Waals surface area (Å²) in [6.07, 6.45) is 0. The first-order valence-corrected chi connectivity index (χ1v) is 6.50. The molecule has 1 aromatic rings. The van der Waals surface area contributed by atoms with E-state index < -0.39 is 4.92 Å². The molecule has 19 heavy (non-hydrogen) atoms. The second-order valence-electron chi connectivity index (χ2n) is 4.35. The van der Waals surface area contributed by atoms with E-state index in [2.05, 4.69) is 0 Å². The quantitative estimate of drug-likeness (QED) is 0.472. The minimum atomic E-state index is -0.513. The van der Waals surface area contributed by atoms with Crippen LogP contribution in [0.3, 0.4) is 0 Å². The van der Waals surface area contributed by atoms with Crippen molar-refractivity contribution in [1.82, 2.24) is 4.90 Å². The Balaban J connectivity index is 2.35. The smallest absolute Gasteiger partial charge is 0.304 e. The van der Waals surface area contributed by atoms with Gasteiger partial charge in [-0.1, -0.05) is 0 Å². The van der Waals surface area contributed by atoms with Gasteiger partial charge in [0.2, 0.25) is 5.91 Å². The van der Waals surface area contributed by atoms with E-state index in [1.807, 2.05) is 0 Å². The highest BCUT2D eigenvalue weighted by atomic mass is 32.1. The number of nitro groups is 1. The molecule has 0 spiro atoms. The molecule has 1 aliphatic heterocycles. The van der Waals surface area contributed by atoms with Gasteiger partial charge >= 0.3 is 5.69 Å². The minimum absolute atomic E-state index is 0.0849. The first-order valence-electron chi connectivity index (χ1n) is 5.68. The predicted molar refractivity (Wildman–Crippen MR) is 70.8 cm³/mol. The van der Waals surface area contributed by atoms with Crippen LogP contribution in [0.5, 0.6) is 0 Å². The number of piperazine rings is 1. The van der Waals surface area contributed by atoms with Crippen LogP contribution in [0.15, 0.2) is 6.07 Å². The van der Waals surface area contributed by atoms with E-state index in [0.717, 1.165) is 11.3 Å². The molecule has 1 aliphatic rings. The molecule has 0 aliphatic carbocycles. The van der Waals surface area contributed by atoms with Crippen LogP contribution in [0.2, 0.25) is 0 Å². The molecular weight excluding hydrogens is 270 g/mol. The number of hydrogen-bond acceptors (Lipinski definition) is 6. The number of carbonyl (C=O) groups excluding carboxylic acids is 2. The van der Waals surface area contributed by atoms with Crippen LogP contribution in [0, 0.1) is 10.1 Å². The van der Waals surface area contributed by atoms with E-state index >= 15 is 0 Å². The number of thiophene rings is 1. The van der Waals surface area contributed by atoms with E-state index in [1.165, 1.54) is 13.0 Å². The van der Waals surface area contributed by atoms with Gasteiger partial charge in [-0.25, -0.2) is 0 Å². The summed E-state index contributed by atoms with van der Waals surface area (Å²) in [5.74, 6) is -0.293. The Morgan fingerprint density at radius 1 is 1.47 bits per heavy atom. The largest absolute Gasteiger partial charge is 0.347 e. The van der Waals surface area contributed by atoms with Crippen molar-refractivity contribution >= 4 is 33.7 Å². The third-order valence-electron chi connectivity index (χ3n) is 2.98. The fourth-order valence-corrected chi connectivity index (χ4v) is 2.88. The van der Waals surface area contributed by atoms with Crippen molar-refractivity contribution in [1.29, 1.82) is 0 Å². The summed E-state index contributed by atoms with van der Waals surface area (Å²) in [4.78, 5) is 37.1. The summed E-state index contributed by atoms with van der Waals surface area (Å²) in [6.45, 7) is 2.52. The monoisotopic (exact) mass is 283 g/mol. The first kappa shape index (κ1) is 13.5. The van der Waals surface area contributed by atoms with Gasteiger partial charge in [-0.05, 0) is 6.92 Å². The maximum Gasteiger partial charge on any atom is 0.304 e. The second-order valence-corrected chi connectivity index (χ2v) is 5.38. The normalized spacial score (nSPS) is 15.8. The van der Waals surface area contributed by atoms with Crippen molar-refractivity contribution in [3.63, 3.8) is 0 Å². The number of carbonyl (C=O) groups is 2. The molecule has 0 aromatic carbocycles. The third-order valence-corrected chi connectivity index (χ3v) is 4.27. The molecule has 0 radical (unpaired) electrons. The lowest BCUT2D eigenvalue weighted by atomic mass is 10.3. The Morgan fingerprint density at radius 3 is 2.68 bits per heavy atom. The van der Waals surface area contributed by atoms with Gasteiger partial charge < -0.3 is 9.80 Å². The van der Waals surface area contributed by atoms with E-state index in [1.54, 1.807) is 16.8 Å². The van der Waals surface area contributed by atoms with Crippen LogP contribution >= 0.6 is 11.3 Å². The van der Waals surface area contributed by atoms with Gasteiger partial charge in [-0.2, -0.15) is 0 Å². The Morgan fingerprint density at radius 2 is 2.16 bits per heavy atom. The third kappa shape index (κ3) is 2.58. The molecule has 1 saturated heterocycles. The van der Waals surface area contributed by atoms with Crippen LogP contribution in [-0.4, -0.2) is 48.2 Å². The van der Waals surface area contributed by atoms with E-state index in [0.29, 0.717) is 23.0 Å². The first-order chi connectivity index (χ1) is 8.90. The van der Waals surface area contributed by atoms with Gasteiger partial charge in [0.05, 0.1) is 16.3 Å². The summed E-state index contributed by atoms with van der Waals surface area (Å²) in [7, 11) is 1.70. The topological polar surface area (TPSA) is 83.8 Å². The molecule has 0 unspecified atom stereocenters. The Hall–Kier alpha value is -1.96. The Bertz CT molecular complexity index is 554. The van der Waals surface area contributed by atoms with Gasteiger partial charge in [0.1, 0.15) is 0 Å². The summed E-state index contributed by atoms with van der Waals surface area (Å²) in [6, 6.07) is 1.28. The zero-order valence-electron chi connectivity index (χ0n) is 10.6. The highest BCUT2D eigenvalue weighted by Gasteiger charge is 2.29. The van der Waals surface area contributed by atoms with E-state index in [4.69, 9.17) is 0 Å². The van der Waals surface area contributed by atoms with Crippen molar-refractivity contribution in [3.05, 3.63) is 21.1 Å². The molecule has 0 saturated carbocycles. The summed E-state index contributed by atoms with van der Waals surface area (Å²) in [5, 5.41) is 11.4. The number of rotatable bonds is 3. The number of Topliss-reactive ketones (excluding diaryl/α,β-unsaturated/α-hetero) is 1. The minimum Gasteiger partial charge on any atom is -0.347 e. The van der Waals surface area contributed by atoms with Gasteiger partial charge in [0.25, 0.3) is 0 Å². The summed E-state index contributed by atoms with van der Waals surface area (Å²) >= 11 is 1.07. The SMILES string of the molecule is CC(=O)c1cc([N+](=O)[O-])c(N2CCN(C)C(=O)C2)s1. The van der Waals surface area contributed by atoms with Crippen molar-refractivity contribution in [2.24, 2.45) is 0 Å². The summed E-state index contributed by atoms with van der Waals surface area (Å²) in [5.41, 5.74) is -0.104. The van der Waals surface area contributed by atoms with Crippen LogP contribution in [-0.2, 0) is 4.79 Å². The molecule has 1 aromatic heterocycles. The maximum absolute atomic E-state index is 11.7. The lowest BCUT2D eigenvalue weighted by Gasteiger charge is -2.32. The molecule has 7 nitrogen and oxygen atoms in total. The molecule has 0 N–H and O–H groups in total. The zero-order valence-corrected chi connectivity index (χ0v) is 11.4. The molecular formula is C11H13N3O4S. The Kier molecular flexibility index (Phi) is 3.52. The average Bonchev–Trinajstić information content (AvgIpc) is 2.78. The number of nitrogens with zero attached hydrogens (tertiary/aromatic N) is 3. The van der Waals surface area contributed by atoms with Crippen LogP contribution in [0.1, 0.15) is 16.6 Å². The number of likely N-dealkylation sites (N-methyl/N-ethyl adjacent to an activating group) is 1. The number of anilines is 1. The Labute approximate surface area is 113 Å². The molecule has 102 valence electrons. The van der Waals surface area contributed by atoms with Crippen LogP contribution < -0.4 is 4.90 Å². The van der Waals surface area contributed by atoms with Gasteiger partial charge in [-0.3, -0.25) is 19.7 Å². The van der Waals surface area contributed by atoms with Crippen molar-refractivity contribution in [2.75, 3.05) is 31.6 Å². The van der Waals surface area contributed by atoms with Gasteiger partial charge in [0, 0.05) is 26.2 Å².